The van der Waals surface area contributed by atoms with Gasteiger partial charge in [0.25, 0.3) is 10.0 Å². The summed E-state index contributed by atoms with van der Waals surface area (Å²) in [5.74, 6) is -0.970. The number of sulfonamides is 1. The number of benzene rings is 2. The van der Waals surface area contributed by atoms with E-state index in [2.05, 4.69) is 4.72 Å². The van der Waals surface area contributed by atoms with E-state index >= 15 is 0 Å². The largest absolute Gasteiger partial charge is 0.481 e. The van der Waals surface area contributed by atoms with Crippen LogP contribution in [0.3, 0.4) is 0 Å². The SMILES string of the molecule is O=C(O)Cc1ccc(S(=O)(=O)Nc2cccc(Cl)c2)cc1. The van der Waals surface area contributed by atoms with Crippen LogP contribution in [-0.4, -0.2) is 19.5 Å². The fraction of sp³-hybridized carbons (Fsp3) is 0.0714. The number of hydrogen-bond acceptors (Lipinski definition) is 3. The van der Waals surface area contributed by atoms with Gasteiger partial charge in [-0.05, 0) is 35.9 Å². The zero-order valence-corrected chi connectivity index (χ0v) is 12.4. The van der Waals surface area contributed by atoms with Gasteiger partial charge in [-0.2, -0.15) is 0 Å². The molecule has 21 heavy (non-hydrogen) atoms. The van der Waals surface area contributed by atoms with Crippen LogP contribution in [0.2, 0.25) is 5.02 Å². The van der Waals surface area contributed by atoms with Crippen LogP contribution >= 0.6 is 11.6 Å². The molecule has 0 bridgehead atoms. The Bertz CT molecular complexity index is 757. The maximum atomic E-state index is 12.2. The summed E-state index contributed by atoms with van der Waals surface area (Å²) in [4.78, 5) is 10.6. The third-order valence-electron chi connectivity index (χ3n) is 2.67. The highest BCUT2D eigenvalue weighted by Crippen LogP contribution is 2.19. The average molecular weight is 326 g/mol. The molecule has 0 fully saturated rings. The lowest BCUT2D eigenvalue weighted by Crippen LogP contribution is -2.13. The molecule has 0 aliphatic heterocycles. The highest BCUT2D eigenvalue weighted by atomic mass is 35.5. The number of anilines is 1. The number of carbonyl (C=O) groups is 1. The molecule has 7 heteroatoms. The first-order chi connectivity index (χ1) is 9.87. The number of nitrogens with one attached hydrogen (secondary N) is 1. The van der Waals surface area contributed by atoms with E-state index in [0.717, 1.165) is 0 Å². The molecule has 0 heterocycles. The maximum absolute atomic E-state index is 12.2. The van der Waals surface area contributed by atoms with E-state index in [4.69, 9.17) is 16.7 Å². The Kier molecular flexibility index (Phi) is 4.50. The highest BCUT2D eigenvalue weighted by Gasteiger charge is 2.14. The van der Waals surface area contributed by atoms with E-state index in [0.29, 0.717) is 16.3 Å². The summed E-state index contributed by atoms with van der Waals surface area (Å²) in [6, 6.07) is 12.0. The summed E-state index contributed by atoms with van der Waals surface area (Å²) in [5.41, 5.74) is 0.890. The molecule has 5 nitrogen and oxygen atoms in total. The van der Waals surface area contributed by atoms with Crippen LogP contribution in [0.4, 0.5) is 5.69 Å². The standard InChI is InChI=1S/C14H12ClNO4S/c15-11-2-1-3-12(9-11)16-21(19,20)13-6-4-10(5-7-13)8-14(17)18/h1-7,9,16H,8H2,(H,17,18). The summed E-state index contributed by atoms with van der Waals surface area (Å²) in [6.45, 7) is 0. The van der Waals surface area contributed by atoms with Crippen LogP contribution in [0.15, 0.2) is 53.4 Å². The van der Waals surface area contributed by atoms with Crippen LogP contribution in [0.5, 0.6) is 0 Å². The van der Waals surface area contributed by atoms with Crippen molar-refractivity contribution in [2.24, 2.45) is 0 Å². The lowest BCUT2D eigenvalue weighted by atomic mass is 10.2. The third kappa shape index (κ3) is 4.21. The van der Waals surface area contributed by atoms with Gasteiger partial charge in [0.05, 0.1) is 17.0 Å². The molecule has 110 valence electrons. The molecule has 0 saturated carbocycles. The Morgan fingerprint density at radius 1 is 1.14 bits per heavy atom. The van der Waals surface area contributed by atoms with E-state index in [1.165, 1.54) is 30.3 Å². The molecule has 0 amide bonds. The molecule has 0 aliphatic carbocycles. The van der Waals surface area contributed by atoms with Crippen LogP contribution in [0.25, 0.3) is 0 Å². The second-order valence-electron chi connectivity index (χ2n) is 4.33. The average Bonchev–Trinajstić information content (AvgIpc) is 2.38. The first kappa shape index (κ1) is 15.3. The van der Waals surface area contributed by atoms with Crippen molar-refractivity contribution in [3.05, 3.63) is 59.1 Å². The molecule has 0 radical (unpaired) electrons. The van der Waals surface area contributed by atoms with Crippen molar-refractivity contribution in [1.82, 2.24) is 0 Å². The Balaban J connectivity index is 2.21. The lowest BCUT2D eigenvalue weighted by Gasteiger charge is -2.08. The van der Waals surface area contributed by atoms with Gasteiger partial charge in [-0.3, -0.25) is 9.52 Å². The molecule has 0 aromatic heterocycles. The van der Waals surface area contributed by atoms with Gasteiger partial charge in [-0.25, -0.2) is 8.42 Å². The number of carboxylic acids is 1. The number of halogens is 1. The predicted molar refractivity (Wildman–Crippen MR) is 80.0 cm³/mol. The smallest absolute Gasteiger partial charge is 0.307 e. The molecule has 2 aromatic carbocycles. The van der Waals surface area contributed by atoms with E-state index in [1.807, 2.05) is 0 Å². The van der Waals surface area contributed by atoms with Crippen LogP contribution in [0.1, 0.15) is 5.56 Å². The Morgan fingerprint density at radius 2 is 1.81 bits per heavy atom. The maximum Gasteiger partial charge on any atom is 0.307 e. The van der Waals surface area contributed by atoms with Gasteiger partial charge in [0.1, 0.15) is 0 Å². The molecule has 0 atom stereocenters. The molecule has 0 saturated heterocycles. The summed E-state index contributed by atoms with van der Waals surface area (Å²) in [5, 5.41) is 9.10. The van der Waals surface area contributed by atoms with Crippen molar-refractivity contribution in [2.75, 3.05) is 4.72 Å². The number of carboxylic acid groups (broad SMARTS) is 1. The second-order valence-corrected chi connectivity index (χ2v) is 6.45. The van der Waals surface area contributed by atoms with E-state index in [1.54, 1.807) is 18.2 Å². The zero-order chi connectivity index (χ0) is 15.5. The van der Waals surface area contributed by atoms with Gasteiger partial charge < -0.3 is 5.11 Å². The van der Waals surface area contributed by atoms with Gasteiger partial charge in [-0.1, -0.05) is 29.8 Å². The normalized spacial score (nSPS) is 11.1. The topological polar surface area (TPSA) is 83.5 Å². The molecule has 0 spiro atoms. The Labute approximate surface area is 127 Å². The van der Waals surface area contributed by atoms with Crippen molar-refractivity contribution < 1.29 is 18.3 Å². The van der Waals surface area contributed by atoms with E-state index < -0.39 is 16.0 Å². The minimum absolute atomic E-state index is 0.0524. The van der Waals surface area contributed by atoms with Crippen molar-refractivity contribution in [3.8, 4) is 0 Å². The van der Waals surface area contributed by atoms with Crippen LogP contribution in [0, 0.1) is 0 Å². The molecule has 0 unspecified atom stereocenters. The molecular weight excluding hydrogens is 314 g/mol. The van der Waals surface area contributed by atoms with Crippen molar-refractivity contribution >= 4 is 33.3 Å². The first-order valence-electron chi connectivity index (χ1n) is 5.96. The fourth-order valence-corrected chi connectivity index (χ4v) is 2.97. The summed E-state index contributed by atoms with van der Waals surface area (Å²) in [6.07, 6.45) is -0.151. The summed E-state index contributed by atoms with van der Waals surface area (Å²) < 4.78 is 26.8. The van der Waals surface area contributed by atoms with Gasteiger partial charge in [0.15, 0.2) is 0 Å². The zero-order valence-electron chi connectivity index (χ0n) is 10.8. The van der Waals surface area contributed by atoms with Crippen LogP contribution < -0.4 is 4.72 Å². The van der Waals surface area contributed by atoms with Gasteiger partial charge >= 0.3 is 5.97 Å². The van der Waals surface area contributed by atoms with Gasteiger partial charge in [-0.15, -0.1) is 0 Å². The molecule has 2 aromatic rings. The van der Waals surface area contributed by atoms with E-state index in [9.17, 15) is 13.2 Å². The lowest BCUT2D eigenvalue weighted by molar-refractivity contribution is -0.136. The van der Waals surface area contributed by atoms with Crippen molar-refractivity contribution in [2.45, 2.75) is 11.3 Å². The second kappa shape index (κ2) is 6.15. The number of aliphatic carboxylic acids is 1. The number of hydrogen-bond donors (Lipinski definition) is 2. The minimum Gasteiger partial charge on any atom is -0.481 e. The van der Waals surface area contributed by atoms with Crippen molar-refractivity contribution in [3.63, 3.8) is 0 Å². The third-order valence-corrected chi connectivity index (χ3v) is 4.30. The predicted octanol–water partition coefficient (Wildman–Crippen LogP) is 2.77. The molecule has 2 rings (SSSR count). The monoisotopic (exact) mass is 325 g/mol. The first-order valence-corrected chi connectivity index (χ1v) is 7.82. The quantitative estimate of drug-likeness (QED) is 0.885. The van der Waals surface area contributed by atoms with Gasteiger partial charge in [0.2, 0.25) is 0 Å². The highest BCUT2D eigenvalue weighted by molar-refractivity contribution is 7.92. The molecule has 0 aliphatic rings. The summed E-state index contributed by atoms with van der Waals surface area (Å²) in [7, 11) is -3.73. The fourth-order valence-electron chi connectivity index (χ4n) is 1.73. The van der Waals surface area contributed by atoms with Crippen LogP contribution in [-0.2, 0) is 21.2 Å². The minimum atomic E-state index is -3.73. The molecule has 2 N–H and O–H groups in total. The molecular formula is C14H12ClNO4S. The number of rotatable bonds is 5. The van der Waals surface area contributed by atoms with E-state index in [-0.39, 0.29) is 11.3 Å². The van der Waals surface area contributed by atoms with Gasteiger partial charge in [0, 0.05) is 5.02 Å². The van der Waals surface area contributed by atoms with Crippen molar-refractivity contribution in [1.29, 1.82) is 0 Å². The Hall–Kier alpha value is -2.05. The Morgan fingerprint density at radius 3 is 2.38 bits per heavy atom. The summed E-state index contributed by atoms with van der Waals surface area (Å²) >= 11 is 5.80.